The van der Waals surface area contributed by atoms with Crippen LogP contribution in [0.5, 0.6) is 0 Å². The zero-order valence-electron chi connectivity index (χ0n) is 15.0. The molecule has 27 heavy (non-hydrogen) atoms. The Morgan fingerprint density at radius 1 is 1.30 bits per heavy atom. The first-order valence-corrected chi connectivity index (χ1v) is 8.83. The van der Waals surface area contributed by atoms with Crippen LogP contribution in [0.25, 0.3) is 0 Å². The molecule has 2 heterocycles. The summed E-state index contributed by atoms with van der Waals surface area (Å²) in [5.74, 6) is -2.54. The molecular formula is C18H22N4O5. The van der Waals surface area contributed by atoms with E-state index in [0.717, 1.165) is 12.8 Å². The number of nitrogens with zero attached hydrogens (tertiary/aromatic N) is 2. The number of carboxylic acids is 1. The Kier molecular flexibility index (Phi) is 5.58. The molecule has 0 aliphatic heterocycles. The van der Waals surface area contributed by atoms with Gasteiger partial charge in [-0.3, -0.25) is 19.1 Å². The van der Waals surface area contributed by atoms with Gasteiger partial charge in [-0.1, -0.05) is 12.8 Å². The highest BCUT2D eigenvalue weighted by Crippen LogP contribution is 2.31. The predicted molar refractivity (Wildman–Crippen MR) is 94.8 cm³/mol. The van der Waals surface area contributed by atoms with Gasteiger partial charge in [0, 0.05) is 13.2 Å². The van der Waals surface area contributed by atoms with Crippen molar-refractivity contribution in [1.29, 1.82) is 0 Å². The minimum atomic E-state index is -0.961. The Balaban J connectivity index is 1.70. The monoisotopic (exact) mass is 374 g/mol. The first kappa shape index (κ1) is 18.7. The van der Waals surface area contributed by atoms with E-state index in [2.05, 4.69) is 15.7 Å². The molecule has 2 atom stereocenters. The number of carbonyl (C=O) groups is 3. The van der Waals surface area contributed by atoms with E-state index in [1.807, 2.05) is 0 Å². The molecule has 3 rings (SSSR count). The molecule has 2 unspecified atom stereocenters. The largest absolute Gasteiger partial charge is 0.481 e. The van der Waals surface area contributed by atoms with Crippen molar-refractivity contribution in [1.82, 2.24) is 15.1 Å². The Bertz CT molecular complexity index is 827. The molecule has 0 aromatic carbocycles. The minimum Gasteiger partial charge on any atom is -0.481 e. The number of hydrogen-bond acceptors (Lipinski definition) is 5. The van der Waals surface area contributed by atoms with Crippen molar-refractivity contribution in [3.05, 3.63) is 36.0 Å². The van der Waals surface area contributed by atoms with Crippen LogP contribution in [0, 0.1) is 11.8 Å². The van der Waals surface area contributed by atoms with Gasteiger partial charge in [-0.25, -0.2) is 0 Å². The molecule has 2 amide bonds. The van der Waals surface area contributed by atoms with Crippen molar-refractivity contribution in [3.8, 4) is 0 Å². The van der Waals surface area contributed by atoms with E-state index in [1.165, 1.54) is 17.1 Å². The second-order valence-corrected chi connectivity index (χ2v) is 6.65. The van der Waals surface area contributed by atoms with Crippen LogP contribution in [0.4, 0.5) is 5.69 Å². The topological polar surface area (TPSA) is 126 Å². The minimum absolute atomic E-state index is 0.0695. The van der Waals surface area contributed by atoms with E-state index in [4.69, 9.17) is 4.42 Å². The van der Waals surface area contributed by atoms with Gasteiger partial charge in [0.25, 0.3) is 5.91 Å². The number of furan rings is 1. The molecule has 0 spiro atoms. The van der Waals surface area contributed by atoms with Crippen molar-refractivity contribution in [3.63, 3.8) is 0 Å². The number of hydrogen-bond donors (Lipinski definition) is 3. The number of aliphatic carboxylic acids is 1. The quantitative estimate of drug-likeness (QED) is 0.707. The molecule has 2 aromatic rings. The standard InChI is InChI=1S/C18H22N4O5/c1-22-10-14(15(21-22)17(24)19-9-11-5-4-8-27-11)20-16(23)12-6-2-3-7-13(12)18(25)26/h4-5,8,10,12-13H,2-3,6-7,9H2,1H3,(H,19,24)(H,20,23)(H,25,26). The summed E-state index contributed by atoms with van der Waals surface area (Å²) in [6, 6.07) is 3.45. The van der Waals surface area contributed by atoms with Gasteiger partial charge < -0.3 is 20.2 Å². The van der Waals surface area contributed by atoms with Gasteiger partial charge in [0.05, 0.1) is 30.3 Å². The molecule has 0 radical (unpaired) electrons. The van der Waals surface area contributed by atoms with Crippen LogP contribution >= 0.6 is 0 Å². The number of nitrogens with one attached hydrogen (secondary N) is 2. The lowest BCUT2D eigenvalue weighted by Crippen LogP contribution is -2.36. The van der Waals surface area contributed by atoms with E-state index in [1.54, 1.807) is 19.2 Å². The summed E-state index contributed by atoms with van der Waals surface area (Å²) < 4.78 is 6.59. The number of rotatable bonds is 6. The molecule has 1 aliphatic rings. The average Bonchev–Trinajstić information content (AvgIpc) is 3.29. The van der Waals surface area contributed by atoms with Gasteiger partial charge in [0.2, 0.25) is 5.91 Å². The molecule has 1 aliphatic carbocycles. The molecular weight excluding hydrogens is 352 g/mol. The SMILES string of the molecule is Cn1cc(NC(=O)C2CCCCC2C(=O)O)c(C(=O)NCc2ccco2)n1. The Labute approximate surface area is 155 Å². The molecule has 3 N–H and O–H groups in total. The summed E-state index contributed by atoms with van der Waals surface area (Å²) in [7, 11) is 1.64. The van der Waals surface area contributed by atoms with Crippen LogP contribution in [-0.2, 0) is 23.2 Å². The lowest BCUT2D eigenvalue weighted by molar-refractivity contribution is -0.147. The third-order valence-electron chi connectivity index (χ3n) is 4.72. The lowest BCUT2D eigenvalue weighted by atomic mass is 9.78. The molecule has 2 aromatic heterocycles. The molecule has 0 saturated heterocycles. The van der Waals surface area contributed by atoms with E-state index in [0.29, 0.717) is 18.6 Å². The Hall–Kier alpha value is -3.10. The second kappa shape index (κ2) is 8.07. The summed E-state index contributed by atoms with van der Waals surface area (Å²) in [6.45, 7) is 0.194. The number of carboxylic acid groups (broad SMARTS) is 1. The summed E-state index contributed by atoms with van der Waals surface area (Å²) >= 11 is 0. The van der Waals surface area contributed by atoms with E-state index in [9.17, 15) is 19.5 Å². The lowest BCUT2D eigenvalue weighted by Gasteiger charge is -2.27. The van der Waals surface area contributed by atoms with Crippen LogP contribution in [0.15, 0.2) is 29.0 Å². The maximum atomic E-state index is 12.7. The van der Waals surface area contributed by atoms with Crippen LogP contribution in [-0.4, -0.2) is 32.7 Å². The first-order chi connectivity index (χ1) is 13.0. The molecule has 144 valence electrons. The van der Waals surface area contributed by atoms with Gasteiger partial charge in [-0.2, -0.15) is 5.10 Å². The molecule has 1 saturated carbocycles. The predicted octanol–water partition coefficient (Wildman–Crippen LogP) is 1.77. The van der Waals surface area contributed by atoms with E-state index >= 15 is 0 Å². The second-order valence-electron chi connectivity index (χ2n) is 6.65. The van der Waals surface area contributed by atoms with Gasteiger partial charge in [-0.15, -0.1) is 0 Å². The number of anilines is 1. The van der Waals surface area contributed by atoms with Gasteiger partial charge in [-0.05, 0) is 25.0 Å². The summed E-state index contributed by atoms with van der Waals surface area (Å²) in [4.78, 5) is 36.5. The molecule has 9 nitrogen and oxygen atoms in total. The smallest absolute Gasteiger partial charge is 0.307 e. The van der Waals surface area contributed by atoms with Crippen LogP contribution < -0.4 is 10.6 Å². The maximum absolute atomic E-state index is 12.7. The Morgan fingerprint density at radius 3 is 2.70 bits per heavy atom. The third-order valence-corrected chi connectivity index (χ3v) is 4.72. The highest BCUT2D eigenvalue weighted by molar-refractivity contribution is 6.03. The van der Waals surface area contributed by atoms with Crippen LogP contribution in [0.3, 0.4) is 0 Å². The van der Waals surface area contributed by atoms with Gasteiger partial charge in [0.15, 0.2) is 5.69 Å². The van der Waals surface area contributed by atoms with Crippen molar-refractivity contribution in [2.24, 2.45) is 18.9 Å². The highest BCUT2D eigenvalue weighted by atomic mass is 16.4. The molecule has 1 fully saturated rings. The van der Waals surface area contributed by atoms with Crippen LogP contribution in [0.2, 0.25) is 0 Å². The Morgan fingerprint density at radius 2 is 2.04 bits per heavy atom. The number of carbonyl (C=O) groups excluding carboxylic acids is 2. The zero-order valence-corrected chi connectivity index (χ0v) is 15.0. The van der Waals surface area contributed by atoms with Crippen molar-refractivity contribution < 1.29 is 23.9 Å². The van der Waals surface area contributed by atoms with Crippen LogP contribution in [0.1, 0.15) is 41.9 Å². The van der Waals surface area contributed by atoms with Gasteiger partial charge >= 0.3 is 5.97 Å². The fourth-order valence-electron chi connectivity index (χ4n) is 3.38. The fraction of sp³-hybridized carbons (Fsp3) is 0.444. The average molecular weight is 374 g/mol. The number of aryl methyl sites for hydroxylation is 1. The third kappa shape index (κ3) is 4.36. The van der Waals surface area contributed by atoms with Gasteiger partial charge in [0.1, 0.15) is 5.76 Å². The van der Waals surface area contributed by atoms with E-state index in [-0.39, 0.29) is 17.9 Å². The van der Waals surface area contributed by atoms with Crippen molar-refractivity contribution >= 4 is 23.5 Å². The number of aromatic nitrogens is 2. The summed E-state index contributed by atoms with van der Waals surface area (Å²) in [5, 5.41) is 18.8. The summed E-state index contributed by atoms with van der Waals surface area (Å²) in [5.41, 5.74) is 0.328. The fourth-order valence-corrected chi connectivity index (χ4v) is 3.38. The number of amides is 2. The zero-order chi connectivity index (χ0) is 19.4. The maximum Gasteiger partial charge on any atom is 0.307 e. The first-order valence-electron chi connectivity index (χ1n) is 8.83. The normalized spacial score (nSPS) is 19.4. The van der Waals surface area contributed by atoms with Crippen molar-refractivity contribution in [2.75, 3.05) is 5.32 Å². The molecule has 9 heteroatoms. The highest BCUT2D eigenvalue weighted by Gasteiger charge is 2.36. The van der Waals surface area contributed by atoms with E-state index < -0.39 is 29.6 Å². The summed E-state index contributed by atoms with van der Waals surface area (Å²) in [6.07, 6.45) is 5.65. The van der Waals surface area contributed by atoms with Crippen molar-refractivity contribution in [2.45, 2.75) is 32.2 Å². The molecule has 0 bridgehead atoms.